The van der Waals surface area contributed by atoms with Gasteiger partial charge in [0.1, 0.15) is 0 Å². The van der Waals surface area contributed by atoms with Gasteiger partial charge in [-0.25, -0.2) is 0 Å². The predicted molar refractivity (Wildman–Crippen MR) is 85.5 cm³/mol. The Morgan fingerprint density at radius 2 is 1.95 bits per heavy atom. The summed E-state index contributed by atoms with van der Waals surface area (Å²) in [6.45, 7) is 10.2. The highest BCUT2D eigenvalue weighted by atomic mass is 16.5. The summed E-state index contributed by atoms with van der Waals surface area (Å²) in [5, 5.41) is 10.6. The van der Waals surface area contributed by atoms with Gasteiger partial charge in [-0.2, -0.15) is 4.98 Å². The zero-order chi connectivity index (χ0) is 15.7. The van der Waals surface area contributed by atoms with Crippen molar-refractivity contribution < 1.29 is 4.52 Å². The summed E-state index contributed by atoms with van der Waals surface area (Å²) in [4.78, 5) is 8.58. The molecule has 120 valence electrons. The molecule has 0 aliphatic heterocycles. The molecule has 6 heteroatoms. The number of nitrogens with one attached hydrogen (secondary N) is 2. The first-order valence-corrected chi connectivity index (χ1v) is 7.87. The molecule has 0 fully saturated rings. The minimum Gasteiger partial charge on any atom is -0.356 e. The Bertz CT molecular complexity index is 423. The zero-order valence-electron chi connectivity index (χ0n) is 13.9. The van der Waals surface area contributed by atoms with Gasteiger partial charge in [-0.3, -0.25) is 4.99 Å². The van der Waals surface area contributed by atoms with Crippen LogP contribution in [-0.2, 0) is 6.42 Å². The van der Waals surface area contributed by atoms with E-state index in [9.17, 15) is 0 Å². The quantitative estimate of drug-likeness (QED) is 0.569. The molecule has 0 spiro atoms. The second-order valence-electron chi connectivity index (χ2n) is 5.51. The Hall–Kier alpha value is -1.59. The van der Waals surface area contributed by atoms with Crippen LogP contribution in [0.2, 0.25) is 0 Å². The first-order valence-electron chi connectivity index (χ1n) is 7.87. The molecule has 0 bridgehead atoms. The lowest BCUT2D eigenvalue weighted by Gasteiger charge is -2.16. The first kappa shape index (κ1) is 17.5. The van der Waals surface area contributed by atoms with Crippen LogP contribution in [0, 0.1) is 5.92 Å². The lowest BCUT2D eigenvalue weighted by molar-refractivity contribution is 0.371. The normalized spacial score (nSPS) is 12.2. The zero-order valence-corrected chi connectivity index (χ0v) is 13.9. The lowest BCUT2D eigenvalue weighted by Crippen LogP contribution is -2.40. The van der Waals surface area contributed by atoms with Gasteiger partial charge in [-0.05, 0) is 5.92 Å². The molecule has 1 heterocycles. The molecule has 21 heavy (non-hydrogen) atoms. The van der Waals surface area contributed by atoms with Crippen molar-refractivity contribution in [1.82, 2.24) is 20.8 Å². The van der Waals surface area contributed by atoms with E-state index in [4.69, 9.17) is 4.52 Å². The summed E-state index contributed by atoms with van der Waals surface area (Å²) in [6, 6.07) is 0. The number of aromatic nitrogens is 2. The van der Waals surface area contributed by atoms with Gasteiger partial charge in [0.15, 0.2) is 11.8 Å². The molecule has 0 unspecified atom stereocenters. The van der Waals surface area contributed by atoms with Crippen molar-refractivity contribution in [1.29, 1.82) is 0 Å². The number of rotatable bonds is 8. The van der Waals surface area contributed by atoms with Crippen molar-refractivity contribution in [2.24, 2.45) is 10.9 Å². The number of hydrogen-bond donors (Lipinski definition) is 2. The largest absolute Gasteiger partial charge is 0.356 e. The third kappa shape index (κ3) is 6.14. The summed E-state index contributed by atoms with van der Waals surface area (Å²) >= 11 is 0. The van der Waals surface area contributed by atoms with Crippen LogP contribution in [0.15, 0.2) is 9.52 Å². The van der Waals surface area contributed by atoms with Gasteiger partial charge in [0.25, 0.3) is 0 Å². The van der Waals surface area contributed by atoms with Gasteiger partial charge >= 0.3 is 0 Å². The molecule has 0 aliphatic carbocycles. The highest BCUT2D eigenvalue weighted by molar-refractivity contribution is 5.79. The van der Waals surface area contributed by atoms with E-state index in [1.165, 1.54) is 12.8 Å². The Labute approximate surface area is 127 Å². The van der Waals surface area contributed by atoms with Gasteiger partial charge in [0.05, 0.1) is 0 Å². The second kappa shape index (κ2) is 9.37. The molecular formula is C15H29N5O. The summed E-state index contributed by atoms with van der Waals surface area (Å²) in [5.74, 6) is 3.24. The van der Waals surface area contributed by atoms with Gasteiger partial charge in [-0.15, -0.1) is 0 Å². The van der Waals surface area contributed by atoms with E-state index >= 15 is 0 Å². The maximum absolute atomic E-state index is 5.21. The highest BCUT2D eigenvalue weighted by Gasteiger charge is 2.09. The predicted octanol–water partition coefficient (Wildman–Crippen LogP) is 2.34. The van der Waals surface area contributed by atoms with E-state index < -0.39 is 0 Å². The van der Waals surface area contributed by atoms with Gasteiger partial charge in [0, 0.05) is 32.5 Å². The molecule has 0 aliphatic rings. The minimum absolute atomic E-state index is 0.296. The number of nitrogens with zero attached hydrogens (tertiary/aromatic N) is 3. The van der Waals surface area contributed by atoms with Crippen molar-refractivity contribution in [3.8, 4) is 0 Å². The summed E-state index contributed by atoms with van der Waals surface area (Å²) < 4.78 is 5.21. The maximum Gasteiger partial charge on any atom is 0.228 e. The van der Waals surface area contributed by atoms with Crippen molar-refractivity contribution in [2.75, 3.05) is 20.1 Å². The molecule has 6 nitrogen and oxygen atoms in total. The van der Waals surface area contributed by atoms with Gasteiger partial charge in [-0.1, -0.05) is 45.7 Å². The Morgan fingerprint density at radius 1 is 1.24 bits per heavy atom. The van der Waals surface area contributed by atoms with Crippen LogP contribution in [0.4, 0.5) is 0 Å². The fraction of sp³-hybridized carbons (Fsp3) is 0.800. The van der Waals surface area contributed by atoms with E-state index in [1.54, 1.807) is 7.05 Å². The standard InChI is InChI=1S/C15H29N5O/c1-6-12(7-2)10-18-15(16-5)17-9-8-13-19-14(11(3)4)20-21-13/h11-12H,6-10H2,1-5H3,(H2,16,17,18). The third-order valence-corrected chi connectivity index (χ3v) is 3.57. The van der Waals surface area contributed by atoms with E-state index in [2.05, 4.69) is 53.5 Å². The molecule has 1 aromatic heterocycles. The fourth-order valence-electron chi connectivity index (χ4n) is 1.93. The second-order valence-corrected chi connectivity index (χ2v) is 5.51. The van der Waals surface area contributed by atoms with Gasteiger partial charge in [0.2, 0.25) is 5.89 Å². The molecule has 0 saturated heterocycles. The molecule has 0 atom stereocenters. The summed E-state index contributed by atoms with van der Waals surface area (Å²) in [5.41, 5.74) is 0. The van der Waals surface area contributed by atoms with Crippen LogP contribution in [0.1, 0.15) is 58.2 Å². The van der Waals surface area contributed by atoms with E-state index in [-0.39, 0.29) is 0 Å². The van der Waals surface area contributed by atoms with E-state index in [0.29, 0.717) is 24.1 Å². The SMILES string of the molecule is CCC(CC)CNC(=NC)NCCc1nc(C(C)C)no1. The maximum atomic E-state index is 5.21. The Kier molecular flexibility index (Phi) is 7.79. The third-order valence-electron chi connectivity index (χ3n) is 3.57. The van der Waals surface area contributed by atoms with Crippen LogP contribution in [0.25, 0.3) is 0 Å². The van der Waals surface area contributed by atoms with Crippen molar-refractivity contribution >= 4 is 5.96 Å². The summed E-state index contributed by atoms with van der Waals surface area (Å²) in [6.07, 6.45) is 3.06. The van der Waals surface area contributed by atoms with Crippen LogP contribution in [0.3, 0.4) is 0 Å². The summed E-state index contributed by atoms with van der Waals surface area (Å²) in [7, 11) is 1.78. The molecule has 1 aromatic rings. The van der Waals surface area contributed by atoms with Crippen molar-refractivity contribution in [3.63, 3.8) is 0 Å². The highest BCUT2D eigenvalue weighted by Crippen LogP contribution is 2.09. The van der Waals surface area contributed by atoms with Crippen LogP contribution in [0.5, 0.6) is 0 Å². The van der Waals surface area contributed by atoms with E-state index in [0.717, 1.165) is 24.9 Å². The Balaban J connectivity index is 2.31. The molecule has 0 radical (unpaired) electrons. The number of guanidine groups is 1. The topological polar surface area (TPSA) is 75.3 Å². The average Bonchev–Trinajstić information content (AvgIpc) is 2.95. The smallest absolute Gasteiger partial charge is 0.228 e. The van der Waals surface area contributed by atoms with Crippen molar-refractivity contribution in [2.45, 2.75) is 52.9 Å². The first-order chi connectivity index (χ1) is 10.1. The fourth-order valence-corrected chi connectivity index (χ4v) is 1.93. The van der Waals surface area contributed by atoms with Gasteiger partial charge < -0.3 is 15.2 Å². The number of aliphatic imine (C=N–C) groups is 1. The van der Waals surface area contributed by atoms with Crippen LogP contribution in [-0.4, -0.2) is 36.2 Å². The molecule has 0 amide bonds. The van der Waals surface area contributed by atoms with Crippen LogP contribution < -0.4 is 10.6 Å². The van der Waals surface area contributed by atoms with Crippen LogP contribution >= 0.6 is 0 Å². The molecular weight excluding hydrogens is 266 g/mol. The minimum atomic E-state index is 0.296. The average molecular weight is 295 g/mol. The molecule has 1 rings (SSSR count). The molecule has 0 aromatic carbocycles. The monoisotopic (exact) mass is 295 g/mol. The van der Waals surface area contributed by atoms with E-state index in [1.807, 2.05) is 0 Å². The van der Waals surface area contributed by atoms with Crippen molar-refractivity contribution in [3.05, 3.63) is 11.7 Å². The molecule has 2 N–H and O–H groups in total. The number of hydrogen-bond acceptors (Lipinski definition) is 4. The molecule has 0 saturated carbocycles. The lowest BCUT2D eigenvalue weighted by atomic mass is 10.0. The Morgan fingerprint density at radius 3 is 2.48 bits per heavy atom.